The number of fused-ring (bicyclic) bond motifs is 1. The van der Waals surface area contributed by atoms with Gasteiger partial charge in [0.25, 0.3) is 5.91 Å². The quantitative estimate of drug-likeness (QED) is 0.625. The third-order valence-corrected chi connectivity index (χ3v) is 5.00. The number of rotatable bonds is 3. The van der Waals surface area contributed by atoms with Crippen LogP contribution in [0.5, 0.6) is 11.5 Å². The number of benzene rings is 3. The number of ether oxygens (including phenoxy) is 1. The van der Waals surface area contributed by atoms with Crippen molar-refractivity contribution in [3.8, 4) is 11.5 Å². The highest BCUT2D eigenvalue weighted by Crippen LogP contribution is 2.43. The maximum absolute atomic E-state index is 13.3. The Morgan fingerprint density at radius 1 is 1.07 bits per heavy atom. The minimum atomic E-state index is -0.596. The van der Waals surface area contributed by atoms with Gasteiger partial charge in [-0.2, -0.15) is 0 Å². The molecule has 1 aliphatic heterocycles. The van der Waals surface area contributed by atoms with E-state index < -0.39 is 6.17 Å². The zero-order chi connectivity index (χ0) is 19.0. The lowest BCUT2D eigenvalue weighted by molar-refractivity contribution is 0.0974. The summed E-state index contributed by atoms with van der Waals surface area (Å²) in [6.07, 6.45) is -0.596. The van der Waals surface area contributed by atoms with Gasteiger partial charge in [-0.05, 0) is 36.4 Å². The molecule has 3 aromatic rings. The third-order valence-electron chi connectivity index (χ3n) is 4.54. The van der Waals surface area contributed by atoms with E-state index in [9.17, 15) is 9.90 Å². The van der Waals surface area contributed by atoms with Crippen molar-refractivity contribution in [1.82, 2.24) is 0 Å². The van der Waals surface area contributed by atoms with Crippen LogP contribution >= 0.6 is 15.9 Å². The number of para-hydroxylation sites is 2. The van der Waals surface area contributed by atoms with Crippen LogP contribution in [0.3, 0.4) is 0 Å². The van der Waals surface area contributed by atoms with Crippen LogP contribution in [0, 0.1) is 0 Å². The molecule has 0 radical (unpaired) electrons. The molecular formula is C21H17BrN2O3. The second kappa shape index (κ2) is 6.96. The Morgan fingerprint density at radius 3 is 2.52 bits per heavy atom. The number of phenols is 1. The molecule has 0 aliphatic carbocycles. The lowest BCUT2D eigenvalue weighted by Gasteiger charge is -2.38. The number of aromatic hydroxyl groups is 1. The van der Waals surface area contributed by atoms with Crippen molar-refractivity contribution in [3.05, 3.63) is 82.3 Å². The van der Waals surface area contributed by atoms with Gasteiger partial charge in [-0.3, -0.25) is 9.69 Å². The number of nitrogens with zero attached hydrogens (tertiary/aromatic N) is 1. The zero-order valence-corrected chi connectivity index (χ0v) is 16.1. The number of carbonyl (C=O) groups excluding carboxylic acids is 1. The fraction of sp³-hybridized carbons (Fsp3) is 0.0952. The molecule has 1 unspecified atom stereocenters. The van der Waals surface area contributed by atoms with Crippen molar-refractivity contribution in [3.63, 3.8) is 0 Å². The van der Waals surface area contributed by atoms with E-state index >= 15 is 0 Å². The van der Waals surface area contributed by atoms with Gasteiger partial charge in [0, 0.05) is 21.4 Å². The first-order valence-corrected chi connectivity index (χ1v) is 9.20. The highest BCUT2D eigenvalue weighted by molar-refractivity contribution is 9.10. The third kappa shape index (κ3) is 3.02. The van der Waals surface area contributed by atoms with Crippen LogP contribution in [0.2, 0.25) is 0 Å². The molecule has 0 fully saturated rings. The Bertz CT molecular complexity index is 1010. The van der Waals surface area contributed by atoms with Crippen molar-refractivity contribution in [2.45, 2.75) is 6.17 Å². The van der Waals surface area contributed by atoms with E-state index in [2.05, 4.69) is 21.2 Å². The molecule has 0 spiro atoms. The van der Waals surface area contributed by atoms with Crippen molar-refractivity contribution in [2.24, 2.45) is 0 Å². The van der Waals surface area contributed by atoms with Crippen molar-refractivity contribution in [2.75, 3.05) is 17.3 Å². The first-order valence-electron chi connectivity index (χ1n) is 8.40. The molecule has 0 saturated carbocycles. The van der Waals surface area contributed by atoms with Gasteiger partial charge in [0.15, 0.2) is 11.5 Å². The summed E-state index contributed by atoms with van der Waals surface area (Å²) >= 11 is 3.46. The van der Waals surface area contributed by atoms with Crippen LogP contribution in [0.15, 0.2) is 71.2 Å². The molecule has 1 aliphatic rings. The molecule has 27 heavy (non-hydrogen) atoms. The number of nitrogens with one attached hydrogen (secondary N) is 1. The van der Waals surface area contributed by atoms with Crippen LogP contribution in [-0.2, 0) is 0 Å². The second-order valence-electron chi connectivity index (χ2n) is 6.15. The van der Waals surface area contributed by atoms with Crippen molar-refractivity contribution < 1.29 is 14.6 Å². The van der Waals surface area contributed by atoms with Gasteiger partial charge in [0.1, 0.15) is 6.17 Å². The molecule has 6 heteroatoms. The number of phenolic OH excluding ortho intramolecular Hbond substituents is 1. The van der Waals surface area contributed by atoms with Gasteiger partial charge in [0.2, 0.25) is 0 Å². The highest BCUT2D eigenvalue weighted by atomic mass is 79.9. The topological polar surface area (TPSA) is 61.8 Å². The van der Waals surface area contributed by atoms with E-state index in [0.29, 0.717) is 16.9 Å². The van der Waals surface area contributed by atoms with Gasteiger partial charge in [-0.25, -0.2) is 0 Å². The first kappa shape index (κ1) is 17.4. The summed E-state index contributed by atoms with van der Waals surface area (Å²) in [4.78, 5) is 15.0. The molecule has 0 bridgehead atoms. The summed E-state index contributed by atoms with van der Waals surface area (Å²) in [5, 5.41) is 14.1. The smallest absolute Gasteiger partial charge is 0.262 e. The van der Waals surface area contributed by atoms with Crippen LogP contribution in [0.1, 0.15) is 22.1 Å². The van der Waals surface area contributed by atoms with E-state index in [4.69, 9.17) is 4.74 Å². The molecule has 2 N–H and O–H groups in total. The summed E-state index contributed by atoms with van der Waals surface area (Å²) in [6.45, 7) is 0. The number of anilines is 2. The van der Waals surface area contributed by atoms with Crippen LogP contribution in [0.4, 0.5) is 11.4 Å². The molecular weight excluding hydrogens is 408 g/mol. The summed E-state index contributed by atoms with van der Waals surface area (Å²) in [5.74, 6) is 0.186. The molecule has 0 saturated heterocycles. The average Bonchev–Trinajstić information content (AvgIpc) is 2.70. The number of amides is 1. The Labute approximate surface area is 165 Å². The summed E-state index contributed by atoms with van der Waals surface area (Å²) < 4.78 is 6.03. The van der Waals surface area contributed by atoms with Crippen LogP contribution in [0.25, 0.3) is 0 Å². The van der Waals surface area contributed by atoms with E-state index in [1.165, 1.54) is 7.11 Å². The molecule has 1 amide bonds. The number of halogens is 1. The summed E-state index contributed by atoms with van der Waals surface area (Å²) in [6, 6.07) is 20.2. The normalized spacial score (nSPS) is 15.9. The Kier molecular flexibility index (Phi) is 4.49. The predicted molar refractivity (Wildman–Crippen MR) is 108 cm³/mol. The predicted octanol–water partition coefficient (Wildman–Crippen LogP) is 4.93. The monoisotopic (exact) mass is 424 g/mol. The van der Waals surface area contributed by atoms with Gasteiger partial charge in [-0.15, -0.1) is 0 Å². The lowest BCUT2D eigenvalue weighted by atomic mass is 10.0. The summed E-state index contributed by atoms with van der Waals surface area (Å²) in [7, 11) is 1.50. The number of hydrogen-bond acceptors (Lipinski definition) is 4. The lowest BCUT2D eigenvalue weighted by Crippen LogP contribution is -2.43. The van der Waals surface area contributed by atoms with E-state index in [0.717, 1.165) is 15.8 Å². The fourth-order valence-corrected chi connectivity index (χ4v) is 3.74. The minimum absolute atomic E-state index is 0.00804. The highest BCUT2D eigenvalue weighted by Gasteiger charge is 2.36. The number of hydrogen-bond donors (Lipinski definition) is 2. The fourth-order valence-electron chi connectivity index (χ4n) is 3.28. The molecule has 136 valence electrons. The van der Waals surface area contributed by atoms with E-state index in [1.54, 1.807) is 23.1 Å². The van der Waals surface area contributed by atoms with Crippen molar-refractivity contribution >= 4 is 33.2 Å². The molecule has 1 atom stereocenters. The van der Waals surface area contributed by atoms with Gasteiger partial charge >= 0.3 is 0 Å². The molecule has 3 aromatic carbocycles. The van der Waals surface area contributed by atoms with Gasteiger partial charge in [0.05, 0.1) is 12.7 Å². The largest absolute Gasteiger partial charge is 0.504 e. The van der Waals surface area contributed by atoms with E-state index in [1.807, 2.05) is 48.5 Å². The maximum atomic E-state index is 13.3. The number of methoxy groups -OCH3 is 1. The van der Waals surface area contributed by atoms with Crippen LogP contribution in [-0.4, -0.2) is 18.1 Å². The second-order valence-corrected chi connectivity index (χ2v) is 7.06. The molecule has 5 nitrogen and oxygen atoms in total. The zero-order valence-electron chi connectivity index (χ0n) is 14.5. The standard InChI is InChI=1S/C21H17BrN2O3/c1-27-18-12-13(22)11-16(19(18)25)20-23-17-10-6-5-9-15(17)21(26)24(20)14-7-3-2-4-8-14/h2-12,20,23,25H,1H3. The number of carbonyl (C=O) groups is 1. The Balaban J connectivity index is 1.92. The maximum Gasteiger partial charge on any atom is 0.262 e. The molecule has 1 heterocycles. The van der Waals surface area contributed by atoms with E-state index in [-0.39, 0.29) is 11.7 Å². The van der Waals surface area contributed by atoms with Crippen LogP contribution < -0.4 is 15.0 Å². The first-order chi connectivity index (χ1) is 13.1. The SMILES string of the molecule is COc1cc(Br)cc(C2Nc3ccccc3C(=O)N2c2ccccc2)c1O. The molecule has 0 aromatic heterocycles. The molecule has 4 rings (SSSR count). The van der Waals surface area contributed by atoms with Gasteiger partial charge < -0.3 is 15.2 Å². The average molecular weight is 425 g/mol. The van der Waals surface area contributed by atoms with Crippen molar-refractivity contribution in [1.29, 1.82) is 0 Å². The minimum Gasteiger partial charge on any atom is -0.504 e. The summed E-state index contributed by atoms with van der Waals surface area (Å²) in [5.41, 5.74) is 2.57. The Morgan fingerprint density at radius 2 is 1.78 bits per heavy atom. The Hall–Kier alpha value is -2.99. The van der Waals surface area contributed by atoms with Gasteiger partial charge in [-0.1, -0.05) is 46.3 Å².